The molecule has 0 saturated carbocycles. The van der Waals surface area contributed by atoms with E-state index in [1.165, 1.54) is 34.8 Å². The predicted molar refractivity (Wildman–Crippen MR) is 105 cm³/mol. The van der Waals surface area contributed by atoms with Crippen LogP contribution in [0.15, 0.2) is 33.6 Å². The number of thiazole rings is 1. The van der Waals surface area contributed by atoms with Crippen LogP contribution in [-0.4, -0.2) is 23.2 Å². The van der Waals surface area contributed by atoms with Gasteiger partial charge < -0.3 is 5.32 Å². The monoisotopic (exact) mass is 424 g/mol. The van der Waals surface area contributed by atoms with Crippen LogP contribution in [0.2, 0.25) is 0 Å². The highest BCUT2D eigenvalue weighted by molar-refractivity contribution is 9.10. The minimum Gasteiger partial charge on any atom is -0.355 e. The van der Waals surface area contributed by atoms with Crippen molar-refractivity contribution in [1.82, 2.24) is 10.3 Å². The third-order valence-electron chi connectivity index (χ3n) is 3.96. The molecule has 0 aliphatic heterocycles. The Morgan fingerprint density at radius 1 is 1.25 bits per heavy atom. The Morgan fingerprint density at radius 2 is 2.04 bits per heavy atom. The maximum absolute atomic E-state index is 11.9. The number of thioether (sulfide) groups is 1. The van der Waals surface area contributed by atoms with Gasteiger partial charge in [0.2, 0.25) is 5.91 Å². The smallest absolute Gasteiger partial charge is 0.230 e. The minimum absolute atomic E-state index is 0.0985. The molecule has 1 heterocycles. The first kappa shape index (κ1) is 18.0. The highest BCUT2D eigenvalue weighted by Gasteiger charge is 2.14. The Morgan fingerprint density at radius 3 is 2.83 bits per heavy atom. The summed E-state index contributed by atoms with van der Waals surface area (Å²) in [6.45, 7) is 0.726. The number of benzene rings is 1. The summed E-state index contributed by atoms with van der Waals surface area (Å²) in [5.74, 6) is 0.564. The maximum Gasteiger partial charge on any atom is 0.230 e. The summed E-state index contributed by atoms with van der Waals surface area (Å²) in [5.41, 5.74) is 1.33. The number of hydrogen-bond donors (Lipinski definition) is 1. The number of aromatic nitrogens is 1. The van der Waals surface area contributed by atoms with E-state index in [1.54, 1.807) is 11.8 Å². The molecule has 1 aromatic carbocycles. The van der Waals surface area contributed by atoms with Crippen molar-refractivity contribution < 1.29 is 4.79 Å². The summed E-state index contributed by atoms with van der Waals surface area (Å²) in [6, 6.07) is 8.03. The summed E-state index contributed by atoms with van der Waals surface area (Å²) in [6.07, 6.45) is 6.87. The van der Waals surface area contributed by atoms with E-state index in [0.29, 0.717) is 5.75 Å². The Balaban J connectivity index is 1.33. The zero-order chi connectivity index (χ0) is 16.8. The van der Waals surface area contributed by atoms with Gasteiger partial charge in [0.25, 0.3) is 0 Å². The van der Waals surface area contributed by atoms with Gasteiger partial charge in [-0.15, -0.1) is 23.1 Å². The van der Waals surface area contributed by atoms with Crippen LogP contribution in [-0.2, 0) is 24.1 Å². The lowest BCUT2D eigenvalue weighted by molar-refractivity contribution is -0.118. The molecule has 1 N–H and O–H groups in total. The molecule has 0 bridgehead atoms. The zero-order valence-corrected chi connectivity index (χ0v) is 16.7. The van der Waals surface area contributed by atoms with E-state index in [9.17, 15) is 4.79 Å². The fraction of sp³-hybridized carbons (Fsp3) is 0.444. The van der Waals surface area contributed by atoms with Crippen molar-refractivity contribution in [3.05, 3.63) is 44.3 Å². The quantitative estimate of drug-likeness (QED) is 0.520. The second kappa shape index (κ2) is 9.02. The zero-order valence-electron chi connectivity index (χ0n) is 13.5. The van der Waals surface area contributed by atoms with Crippen LogP contribution in [0.3, 0.4) is 0 Å². The highest BCUT2D eigenvalue weighted by atomic mass is 79.9. The second-order valence-electron chi connectivity index (χ2n) is 5.88. The first-order valence-corrected chi connectivity index (χ1v) is 10.9. The molecule has 24 heavy (non-hydrogen) atoms. The molecular weight excluding hydrogens is 404 g/mol. The van der Waals surface area contributed by atoms with Gasteiger partial charge in [-0.2, -0.15) is 0 Å². The van der Waals surface area contributed by atoms with Crippen molar-refractivity contribution in [3.63, 3.8) is 0 Å². The summed E-state index contributed by atoms with van der Waals surface area (Å²) in [7, 11) is 0. The van der Waals surface area contributed by atoms with Crippen molar-refractivity contribution in [2.45, 2.75) is 43.4 Å². The van der Waals surface area contributed by atoms with Gasteiger partial charge >= 0.3 is 0 Å². The fourth-order valence-electron chi connectivity index (χ4n) is 2.71. The molecule has 0 atom stereocenters. The van der Waals surface area contributed by atoms with Crippen LogP contribution in [0.25, 0.3) is 0 Å². The molecular formula is C18H21BrN2OS2. The van der Waals surface area contributed by atoms with Crippen molar-refractivity contribution in [1.29, 1.82) is 0 Å². The van der Waals surface area contributed by atoms with Gasteiger partial charge in [-0.3, -0.25) is 4.79 Å². The fourth-order valence-corrected chi connectivity index (χ4v) is 4.90. The largest absolute Gasteiger partial charge is 0.355 e. The van der Waals surface area contributed by atoms with E-state index in [0.717, 1.165) is 35.2 Å². The number of carbonyl (C=O) groups excluding carboxylic acids is 1. The van der Waals surface area contributed by atoms with Gasteiger partial charge in [0.15, 0.2) is 0 Å². The first-order chi connectivity index (χ1) is 11.7. The highest BCUT2D eigenvalue weighted by Crippen LogP contribution is 2.27. The standard InChI is InChI=1S/C18H21BrN2OS2/c19-13-7-9-14(10-8-13)23-12-17(22)20-11-3-6-18-21-15-4-1-2-5-16(15)24-18/h7-10H,1-6,11-12H2,(H,20,22). The Labute approximate surface area is 159 Å². The van der Waals surface area contributed by atoms with E-state index >= 15 is 0 Å². The normalized spacial score (nSPS) is 13.5. The van der Waals surface area contributed by atoms with Crippen LogP contribution in [0.5, 0.6) is 0 Å². The average molecular weight is 425 g/mol. The minimum atomic E-state index is 0.0985. The number of amides is 1. The Bertz CT molecular complexity index is 661. The molecule has 128 valence electrons. The molecule has 0 saturated heterocycles. The van der Waals surface area contributed by atoms with Crippen molar-refractivity contribution in [3.8, 4) is 0 Å². The van der Waals surface area contributed by atoms with E-state index in [-0.39, 0.29) is 5.91 Å². The van der Waals surface area contributed by atoms with Crippen molar-refractivity contribution in [2.75, 3.05) is 12.3 Å². The molecule has 0 unspecified atom stereocenters. The number of hydrogen-bond acceptors (Lipinski definition) is 4. The molecule has 1 aromatic heterocycles. The first-order valence-electron chi connectivity index (χ1n) is 8.33. The topological polar surface area (TPSA) is 42.0 Å². The molecule has 2 aromatic rings. The molecule has 3 rings (SSSR count). The lowest BCUT2D eigenvalue weighted by Crippen LogP contribution is -2.26. The van der Waals surface area contributed by atoms with Gasteiger partial charge in [-0.05, 0) is 56.4 Å². The van der Waals surface area contributed by atoms with Gasteiger partial charge in [0, 0.05) is 27.2 Å². The van der Waals surface area contributed by atoms with Gasteiger partial charge in [-0.25, -0.2) is 4.98 Å². The molecule has 1 aliphatic rings. The summed E-state index contributed by atoms with van der Waals surface area (Å²) in [5, 5.41) is 4.24. The summed E-state index contributed by atoms with van der Waals surface area (Å²) < 4.78 is 1.06. The maximum atomic E-state index is 11.9. The molecule has 3 nitrogen and oxygen atoms in total. The molecule has 1 amide bonds. The van der Waals surface area contributed by atoms with Crippen LogP contribution in [0, 0.1) is 0 Å². The number of nitrogens with zero attached hydrogens (tertiary/aromatic N) is 1. The molecule has 0 fully saturated rings. The summed E-state index contributed by atoms with van der Waals surface area (Å²) >= 11 is 6.85. The van der Waals surface area contributed by atoms with Gasteiger partial charge in [0.1, 0.15) is 0 Å². The van der Waals surface area contributed by atoms with E-state index in [2.05, 4.69) is 21.2 Å². The molecule has 0 radical (unpaired) electrons. The third-order valence-corrected chi connectivity index (χ3v) is 6.72. The van der Waals surface area contributed by atoms with E-state index in [4.69, 9.17) is 4.98 Å². The number of halogens is 1. The Hall–Kier alpha value is -0.850. The van der Waals surface area contributed by atoms with Gasteiger partial charge in [0.05, 0.1) is 16.5 Å². The number of nitrogens with one attached hydrogen (secondary N) is 1. The van der Waals surface area contributed by atoms with Crippen LogP contribution in [0.1, 0.15) is 34.8 Å². The van der Waals surface area contributed by atoms with E-state index < -0.39 is 0 Å². The Kier molecular flexibility index (Phi) is 6.75. The van der Waals surface area contributed by atoms with Crippen molar-refractivity contribution >= 4 is 44.9 Å². The SMILES string of the molecule is O=C(CSc1ccc(Br)cc1)NCCCc1nc2c(s1)CCCC2. The molecule has 0 spiro atoms. The average Bonchev–Trinajstić information content (AvgIpc) is 3.01. The second-order valence-corrected chi connectivity index (χ2v) is 9.01. The van der Waals surface area contributed by atoms with Crippen LogP contribution < -0.4 is 5.32 Å². The van der Waals surface area contributed by atoms with Crippen LogP contribution in [0.4, 0.5) is 0 Å². The van der Waals surface area contributed by atoms with E-state index in [1.807, 2.05) is 35.6 Å². The lowest BCUT2D eigenvalue weighted by Gasteiger charge is -2.06. The summed E-state index contributed by atoms with van der Waals surface area (Å²) in [4.78, 5) is 19.3. The number of rotatable bonds is 7. The van der Waals surface area contributed by atoms with Gasteiger partial charge in [-0.1, -0.05) is 15.9 Å². The third kappa shape index (κ3) is 5.33. The predicted octanol–water partition coefficient (Wildman–Crippen LogP) is 4.63. The molecule has 6 heteroatoms. The number of fused-ring (bicyclic) bond motifs is 1. The van der Waals surface area contributed by atoms with Crippen molar-refractivity contribution in [2.24, 2.45) is 0 Å². The number of aryl methyl sites for hydroxylation is 3. The molecule has 1 aliphatic carbocycles. The lowest BCUT2D eigenvalue weighted by atomic mass is 10.0. The number of carbonyl (C=O) groups is 1. The van der Waals surface area contributed by atoms with Crippen LogP contribution >= 0.6 is 39.0 Å².